The van der Waals surface area contributed by atoms with Gasteiger partial charge in [-0.2, -0.15) is 0 Å². The highest BCUT2D eigenvalue weighted by Gasteiger charge is 2.27. The minimum absolute atomic E-state index is 0.148. The van der Waals surface area contributed by atoms with Gasteiger partial charge in [-0.1, -0.05) is 30.3 Å². The first-order chi connectivity index (χ1) is 11.7. The molecule has 1 aliphatic rings. The highest BCUT2D eigenvalue weighted by Crippen LogP contribution is 2.21. The van der Waals surface area contributed by atoms with Crippen LogP contribution in [0.2, 0.25) is 0 Å². The van der Waals surface area contributed by atoms with E-state index in [-0.39, 0.29) is 5.95 Å². The minimum atomic E-state index is -0.678. The van der Waals surface area contributed by atoms with Gasteiger partial charge >= 0.3 is 11.8 Å². The van der Waals surface area contributed by atoms with Gasteiger partial charge in [0.25, 0.3) is 0 Å². The van der Waals surface area contributed by atoms with Crippen molar-refractivity contribution in [3.05, 3.63) is 54.4 Å². The van der Waals surface area contributed by atoms with Crippen molar-refractivity contribution >= 4 is 17.8 Å². The molecule has 0 aliphatic carbocycles. The van der Waals surface area contributed by atoms with Crippen molar-refractivity contribution in [1.82, 2.24) is 14.9 Å². The molecule has 3 rings (SSSR count). The van der Waals surface area contributed by atoms with Crippen LogP contribution in [0.3, 0.4) is 0 Å². The molecule has 1 N–H and O–H groups in total. The second kappa shape index (κ2) is 7.68. The van der Waals surface area contributed by atoms with Crippen LogP contribution >= 0.6 is 0 Å². The SMILES string of the molecule is O=C(Nc1ncccn1)C(=O)N1CCC(Cc2ccccc2)CC1. The summed E-state index contributed by atoms with van der Waals surface area (Å²) in [7, 11) is 0. The Morgan fingerprint density at radius 1 is 1.04 bits per heavy atom. The maximum Gasteiger partial charge on any atom is 0.316 e. The van der Waals surface area contributed by atoms with Crippen molar-refractivity contribution in [1.29, 1.82) is 0 Å². The molecule has 1 saturated heterocycles. The molecular formula is C18H20N4O2. The Hall–Kier alpha value is -2.76. The van der Waals surface area contributed by atoms with E-state index >= 15 is 0 Å². The molecule has 0 radical (unpaired) electrons. The lowest BCUT2D eigenvalue weighted by Gasteiger charge is -2.31. The first kappa shape index (κ1) is 16.1. The molecule has 124 valence electrons. The Kier molecular flexibility index (Phi) is 5.15. The van der Waals surface area contributed by atoms with Gasteiger partial charge in [0.2, 0.25) is 5.95 Å². The predicted molar refractivity (Wildman–Crippen MR) is 90.1 cm³/mol. The number of carbonyl (C=O) groups is 2. The zero-order chi connectivity index (χ0) is 16.8. The van der Waals surface area contributed by atoms with Crippen LogP contribution in [-0.2, 0) is 16.0 Å². The fourth-order valence-electron chi connectivity index (χ4n) is 2.95. The van der Waals surface area contributed by atoms with Gasteiger partial charge in [-0.3, -0.25) is 14.9 Å². The van der Waals surface area contributed by atoms with Crippen LogP contribution in [0.5, 0.6) is 0 Å². The van der Waals surface area contributed by atoms with Crippen LogP contribution in [0.15, 0.2) is 48.8 Å². The summed E-state index contributed by atoms with van der Waals surface area (Å²) in [6.45, 7) is 1.22. The maximum absolute atomic E-state index is 12.2. The zero-order valence-corrected chi connectivity index (χ0v) is 13.4. The van der Waals surface area contributed by atoms with Gasteiger partial charge < -0.3 is 4.90 Å². The fraction of sp³-hybridized carbons (Fsp3) is 0.333. The van der Waals surface area contributed by atoms with Gasteiger partial charge in [-0.15, -0.1) is 0 Å². The van der Waals surface area contributed by atoms with Crippen LogP contribution in [0.1, 0.15) is 18.4 Å². The highest BCUT2D eigenvalue weighted by atomic mass is 16.2. The van der Waals surface area contributed by atoms with Crippen LogP contribution in [0.4, 0.5) is 5.95 Å². The summed E-state index contributed by atoms with van der Waals surface area (Å²) in [5.74, 6) is -0.491. The molecule has 1 aromatic carbocycles. The van der Waals surface area contributed by atoms with Gasteiger partial charge in [-0.05, 0) is 36.8 Å². The van der Waals surface area contributed by atoms with E-state index in [2.05, 4.69) is 27.4 Å². The van der Waals surface area contributed by atoms with Crippen LogP contribution in [0, 0.1) is 5.92 Å². The van der Waals surface area contributed by atoms with Crippen molar-refractivity contribution in [2.45, 2.75) is 19.3 Å². The summed E-state index contributed by atoms with van der Waals surface area (Å²) in [6.07, 6.45) is 5.88. The topological polar surface area (TPSA) is 75.2 Å². The minimum Gasteiger partial charge on any atom is -0.334 e. The number of benzene rings is 1. The fourth-order valence-corrected chi connectivity index (χ4v) is 2.95. The largest absolute Gasteiger partial charge is 0.334 e. The smallest absolute Gasteiger partial charge is 0.316 e. The van der Waals surface area contributed by atoms with E-state index < -0.39 is 11.8 Å². The highest BCUT2D eigenvalue weighted by molar-refractivity contribution is 6.39. The average Bonchev–Trinajstić information content (AvgIpc) is 2.63. The number of hydrogen-bond donors (Lipinski definition) is 1. The molecule has 2 aromatic rings. The van der Waals surface area contributed by atoms with Crippen molar-refractivity contribution in [3.63, 3.8) is 0 Å². The number of nitrogens with one attached hydrogen (secondary N) is 1. The summed E-state index contributed by atoms with van der Waals surface area (Å²) in [6, 6.07) is 12.0. The Morgan fingerprint density at radius 2 is 1.71 bits per heavy atom. The molecule has 0 saturated carbocycles. The summed E-state index contributed by atoms with van der Waals surface area (Å²) in [5, 5.41) is 2.44. The molecule has 1 aromatic heterocycles. The number of aromatic nitrogens is 2. The lowest BCUT2D eigenvalue weighted by molar-refractivity contribution is -0.144. The van der Waals surface area contributed by atoms with Crippen LogP contribution < -0.4 is 5.32 Å². The van der Waals surface area contributed by atoms with Gasteiger partial charge in [-0.25, -0.2) is 9.97 Å². The molecule has 2 heterocycles. The Morgan fingerprint density at radius 3 is 2.38 bits per heavy atom. The number of nitrogens with zero attached hydrogens (tertiary/aromatic N) is 3. The van der Waals surface area contributed by atoms with Crippen LogP contribution in [0.25, 0.3) is 0 Å². The van der Waals surface area contributed by atoms with E-state index in [1.54, 1.807) is 11.0 Å². The number of rotatable bonds is 3. The second-order valence-electron chi connectivity index (χ2n) is 5.95. The normalized spacial score (nSPS) is 15.1. The average molecular weight is 324 g/mol. The summed E-state index contributed by atoms with van der Waals surface area (Å²) in [5.41, 5.74) is 1.32. The number of piperidine rings is 1. The molecule has 6 nitrogen and oxygen atoms in total. The lowest BCUT2D eigenvalue weighted by Crippen LogP contribution is -2.44. The Balaban J connectivity index is 1.49. The van der Waals surface area contributed by atoms with Gasteiger partial charge in [0, 0.05) is 25.5 Å². The van der Waals surface area contributed by atoms with E-state index in [0.717, 1.165) is 19.3 Å². The van der Waals surface area contributed by atoms with Crippen molar-refractivity contribution in [3.8, 4) is 0 Å². The van der Waals surface area contributed by atoms with Gasteiger partial charge in [0.15, 0.2) is 0 Å². The van der Waals surface area contributed by atoms with Crippen molar-refractivity contribution in [2.75, 3.05) is 18.4 Å². The molecule has 0 spiro atoms. The third-order valence-electron chi connectivity index (χ3n) is 4.25. The van der Waals surface area contributed by atoms with Crippen molar-refractivity contribution < 1.29 is 9.59 Å². The van der Waals surface area contributed by atoms with Crippen LogP contribution in [-0.4, -0.2) is 39.8 Å². The van der Waals surface area contributed by atoms with Gasteiger partial charge in [0.05, 0.1) is 0 Å². The number of anilines is 1. The van der Waals surface area contributed by atoms with Gasteiger partial charge in [0.1, 0.15) is 0 Å². The predicted octanol–water partition coefficient (Wildman–Crippen LogP) is 1.90. The molecule has 0 atom stereocenters. The quantitative estimate of drug-likeness (QED) is 0.875. The Labute approximate surface area is 140 Å². The maximum atomic E-state index is 12.2. The lowest BCUT2D eigenvalue weighted by atomic mass is 9.90. The standard InChI is InChI=1S/C18H20N4O2/c23-16(21-18-19-9-4-10-20-18)17(24)22-11-7-15(8-12-22)13-14-5-2-1-3-6-14/h1-6,9-10,15H,7-8,11-13H2,(H,19,20,21,23). The molecule has 1 fully saturated rings. The molecule has 0 bridgehead atoms. The summed E-state index contributed by atoms with van der Waals surface area (Å²) in [4.78, 5) is 33.6. The number of amides is 2. The molecule has 24 heavy (non-hydrogen) atoms. The van der Waals surface area contributed by atoms with Crippen molar-refractivity contribution in [2.24, 2.45) is 5.92 Å². The zero-order valence-electron chi connectivity index (χ0n) is 13.4. The number of hydrogen-bond acceptors (Lipinski definition) is 4. The van der Waals surface area contributed by atoms with E-state index in [4.69, 9.17) is 0 Å². The molecular weight excluding hydrogens is 304 g/mol. The summed E-state index contributed by atoms with van der Waals surface area (Å²) >= 11 is 0. The van der Waals surface area contributed by atoms with E-state index in [1.165, 1.54) is 18.0 Å². The van der Waals surface area contributed by atoms with E-state index in [1.807, 2.05) is 18.2 Å². The van der Waals surface area contributed by atoms with E-state index in [0.29, 0.717) is 19.0 Å². The monoisotopic (exact) mass is 324 g/mol. The second-order valence-corrected chi connectivity index (χ2v) is 5.95. The number of likely N-dealkylation sites (tertiary alicyclic amines) is 1. The molecule has 0 unspecified atom stereocenters. The number of carbonyl (C=O) groups excluding carboxylic acids is 2. The van der Waals surface area contributed by atoms with E-state index in [9.17, 15) is 9.59 Å². The molecule has 6 heteroatoms. The Bertz CT molecular complexity index is 683. The molecule has 2 amide bonds. The first-order valence-corrected chi connectivity index (χ1v) is 8.13. The molecule has 1 aliphatic heterocycles. The first-order valence-electron chi connectivity index (χ1n) is 8.13. The third-order valence-corrected chi connectivity index (χ3v) is 4.25. The summed E-state index contributed by atoms with van der Waals surface area (Å²) < 4.78 is 0. The third kappa shape index (κ3) is 4.16.